The Balaban J connectivity index is 0.00000163. The summed E-state index contributed by atoms with van der Waals surface area (Å²) in [5, 5.41) is 0. The van der Waals surface area contributed by atoms with Crippen LogP contribution in [0.2, 0.25) is 0 Å². The van der Waals surface area contributed by atoms with E-state index in [-0.39, 0.29) is 0 Å². The summed E-state index contributed by atoms with van der Waals surface area (Å²) >= 11 is 4.24. The monoisotopic (exact) mass is 575 g/mol. The van der Waals surface area contributed by atoms with E-state index in [1.165, 1.54) is 27.8 Å². The Labute approximate surface area is 181 Å². The molecule has 4 heteroatoms. The molecule has 0 radical (unpaired) electrons. The molecule has 0 saturated carbocycles. The Morgan fingerprint density at radius 1 is 0.923 bits per heavy atom. The molecular formula is C22H27I2NO. The third-order valence-corrected chi connectivity index (χ3v) is 4.27. The molecule has 0 aliphatic heterocycles. The van der Waals surface area contributed by atoms with Gasteiger partial charge in [-0.05, 0) is 60.7 Å². The smallest absolute Gasteiger partial charge is 0.118 e. The molecule has 2 aromatic rings. The van der Waals surface area contributed by atoms with Gasteiger partial charge in [-0.15, -0.1) is 0 Å². The number of hydrogen-bond donors (Lipinski definition) is 0. The van der Waals surface area contributed by atoms with Crippen LogP contribution in [-0.4, -0.2) is 20.9 Å². The number of anilines is 1. The zero-order valence-electron chi connectivity index (χ0n) is 16.1. The second-order valence-electron chi connectivity index (χ2n) is 6.08. The van der Waals surface area contributed by atoms with Gasteiger partial charge in [-0.2, -0.15) is 0 Å². The molecule has 0 unspecified atom stereocenters. The van der Waals surface area contributed by atoms with Crippen molar-refractivity contribution in [3.05, 3.63) is 71.3 Å². The summed E-state index contributed by atoms with van der Waals surface area (Å²) in [7, 11) is 3.73. The zero-order chi connectivity index (χ0) is 19.5. The minimum absolute atomic E-state index is 0.589. The van der Waals surface area contributed by atoms with Crippen LogP contribution >= 0.6 is 37.2 Å². The second kappa shape index (κ2) is 12.5. The summed E-state index contributed by atoms with van der Waals surface area (Å²) in [5.41, 5.74) is 7.45. The fourth-order valence-corrected chi connectivity index (χ4v) is 2.59. The maximum atomic E-state index is 5.16. The lowest BCUT2D eigenvalue weighted by atomic mass is 10.0. The van der Waals surface area contributed by atoms with Crippen molar-refractivity contribution in [1.29, 1.82) is 0 Å². The number of nitrogens with zero attached hydrogens (tertiary/aromatic N) is 1. The molecule has 2 aromatic carbocycles. The minimum Gasteiger partial charge on any atom is -0.364 e. The highest BCUT2D eigenvalue weighted by atomic mass is 128. The van der Waals surface area contributed by atoms with Crippen LogP contribution < -0.4 is 4.90 Å². The van der Waals surface area contributed by atoms with Crippen LogP contribution in [0.15, 0.2) is 54.6 Å². The first-order valence-corrected chi connectivity index (χ1v) is 14.7. The van der Waals surface area contributed by atoms with Gasteiger partial charge in [0.2, 0.25) is 0 Å². The number of rotatable bonds is 6. The summed E-state index contributed by atoms with van der Waals surface area (Å²) in [6, 6.07) is 17.3. The zero-order valence-corrected chi connectivity index (χ0v) is 20.4. The lowest BCUT2D eigenvalue weighted by molar-refractivity contribution is 0.202. The first-order valence-electron chi connectivity index (χ1n) is 8.41. The molecule has 2 rings (SSSR count). The van der Waals surface area contributed by atoms with Gasteiger partial charge in [-0.25, -0.2) is 0 Å². The second-order valence-corrected chi connectivity index (χ2v) is 6.08. The number of halogens is 2. The van der Waals surface area contributed by atoms with Gasteiger partial charge in [0.05, 0.1) is 0 Å². The predicted octanol–water partition coefficient (Wildman–Crippen LogP) is 7.48. The Morgan fingerprint density at radius 2 is 1.42 bits per heavy atom. The third kappa shape index (κ3) is 7.04. The van der Waals surface area contributed by atoms with Gasteiger partial charge in [0.15, 0.2) is 0 Å². The maximum absolute atomic E-state index is 5.16. The summed E-state index contributed by atoms with van der Waals surface area (Å²) in [6.45, 7) is 6.96. The topological polar surface area (TPSA) is 12.5 Å². The van der Waals surface area contributed by atoms with E-state index in [0.29, 0.717) is 6.73 Å². The van der Waals surface area contributed by atoms with Crippen LogP contribution in [0.25, 0.3) is 17.2 Å². The molecular weight excluding hydrogens is 548 g/mol. The van der Waals surface area contributed by atoms with Crippen LogP contribution in [0.4, 0.5) is 5.69 Å². The molecule has 0 heterocycles. The largest absolute Gasteiger partial charge is 0.364 e. The molecule has 0 aliphatic rings. The van der Waals surface area contributed by atoms with Gasteiger partial charge in [-0.3, -0.25) is 0 Å². The van der Waals surface area contributed by atoms with E-state index in [4.69, 9.17) is 4.74 Å². The Hall–Kier alpha value is -0.860. The van der Waals surface area contributed by atoms with Gasteiger partial charge in [0.1, 0.15) is 6.73 Å². The Morgan fingerprint density at radius 3 is 1.88 bits per heavy atom. The molecule has 0 atom stereocenters. The summed E-state index contributed by atoms with van der Waals surface area (Å²) < 4.78 is 5.16. The quantitative estimate of drug-likeness (QED) is 0.201. The Kier molecular flexibility index (Phi) is 11.2. The van der Waals surface area contributed by atoms with Crippen molar-refractivity contribution in [3.63, 3.8) is 0 Å². The van der Waals surface area contributed by atoms with Crippen LogP contribution in [0, 0.1) is 0 Å². The molecule has 140 valence electrons. The lowest BCUT2D eigenvalue weighted by Gasteiger charge is -2.17. The van der Waals surface area contributed by atoms with Crippen molar-refractivity contribution in [2.75, 3.05) is 25.8 Å². The highest BCUT2D eigenvalue weighted by Crippen LogP contribution is 2.22. The fraction of sp³-hybridized carbons (Fsp3) is 0.273. The van der Waals surface area contributed by atoms with E-state index in [1.54, 1.807) is 7.11 Å². The van der Waals surface area contributed by atoms with Gasteiger partial charge in [0.25, 0.3) is 0 Å². The highest BCUT2D eigenvalue weighted by Gasteiger charge is 2.01. The number of benzene rings is 2. The first kappa shape index (κ1) is 23.2. The maximum Gasteiger partial charge on any atom is 0.118 e. The van der Waals surface area contributed by atoms with Crippen molar-refractivity contribution in [2.24, 2.45) is 0 Å². The normalized spacial score (nSPS) is 11.7. The van der Waals surface area contributed by atoms with Crippen molar-refractivity contribution in [2.45, 2.75) is 20.8 Å². The highest BCUT2D eigenvalue weighted by molar-refractivity contribution is 15.0. The first-order chi connectivity index (χ1) is 12.5. The van der Waals surface area contributed by atoms with Gasteiger partial charge in [-0.1, -0.05) is 48.6 Å². The summed E-state index contributed by atoms with van der Waals surface area (Å²) in [4.78, 5) is 2.07. The molecule has 0 fully saturated rings. The van der Waals surface area contributed by atoms with E-state index in [0.717, 1.165) is 5.69 Å². The number of hydrogen-bond acceptors (Lipinski definition) is 2. The van der Waals surface area contributed by atoms with Crippen molar-refractivity contribution >= 4 is 60.1 Å². The van der Waals surface area contributed by atoms with Crippen molar-refractivity contribution < 1.29 is 4.74 Å². The van der Waals surface area contributed by atoms with E-state index in [2.05, 4.69) is 124 Å². The molecule has 0 aliphatic carbocycles. The molecule has 2 nitrogen and oxygen atoms in total. The molecule has 0 amide bonds. The summed E-state index contributed by atoms with van der Waals surface area (Å²) in [6.07, 6.45) is 4.36. The number of methoxy groups -OCH3 is 1. The standard InChI is InChI=1S/C22H27NO.I2/c1-6-17(2)20-9-11-21(12-10-20)18(3)15-19-7-13-22(14-8-19)23(4)16-24-5;1-2/h6-15H,16H2,1-5H3;. The van der Waals surface area contributed by atoms with Crippen molar-refractivity contribution in [3.8, 4) is 0 Å². The van der Waals surface area contributed by atoms with E-state index >= 15 is 0 Å². The molecule has 0 bridgehead atoms. The molecule has 0 saturated heterocycles. The van der Waals surface area contributed by atoms with Gasteiger partial charge in [0, 0.05) is 57.1 Å². The van der Waals surface area contributed by atoms with E-state index in [9.17, 15) is 0 Å². The van der Waals surface area contributed by atoms with Gasteiger partial charge < -0.3 is 9.64 Å². The van der Waals surface area contributed by atoms with E-state index < -0.39 is 0 Å². The van der Waals surface area contributed by atoms with Crippen LogP contribution in [0.1, 0.15) is 37.5 Å². The van der Waals surface area contributed by atoms with Gasteiger partial charge >= 0.3 is 0 Å². The molecule has 26 heavy (non-hydrogen) atoms. The van der Waals surface area contributed by atoms with Crippen molar-refractivity contribution in [1.82, 2.24) is 0 Å². The Bertz CT molecular complexity index is 719. The van der Waals surface area contributed by atoms with E-state index in [1.807, 2.05) is 7.05 Å². The lowest BCUT2D eigenvalue weighted by Crippen LogP contribution is -2.19. The summed E-state index contributed by atoms with van der Waals surface area (Å²) in [5.74, 6) is 0. The van der Waals surface area contributed by atoms with Crippen LogP contribution in [0.3, 0.4) is 0 Å². The molecule has 0 aromatic heterocycles. The molecule has 0 N–H and O–H groups in total. The van der Waals surface area contributed by atoms with Crippen LogP contribution in [0.5, 0.6) is 0 Å². The number of ether oxygens (including phenoxy) is 1. The molecule has 0 spiro atoms. The predicted molar refractivity (Wildman–Crippen MR) is 134 cm³/mol. The number of allylic oxidation sites excluding steroid dienone is 3. The van der Waals surface area contributed by atoms with Crippen LogP contribution in [-0.2, 0) is 4.74 Å². The average molecular weight is 575 g/mol. The minimum atomic E-state index is 0.589. The SMILES string of the molecule is CC=C(C)c1ccc(C(C)=Cc2ccc(N(C)COC)cc2)cc1.II. The average Bonchev–Trinajstić information content (AvgIpc) is 2.69. The fourth-order valence-electron chi connectivity index (χ4n) is 2.59. The third-order valence-electron chi connectivity index (χ3n) is 4.27.